The molecule has 0 amide bonds. The van der Waals surface area contributed by atoms with Crippen LogP contribution in [0.2, 0.25) is 0 Å². The summed E-state index contributed by atoms with van der Waals surface area (Å²) in [6, 6.07) is 7.15. The number of sulfonamides is 1. The fourth-order valence-electron chi connectivity index (χ4n) is 1.69. The lowest BCUT2D eigenvalue weighted by molar-refractivity contribution is 0.285. The molecule has 0 aliphatic carbocycles. The first kappa shape index (κ1) is 15.1. The molecule has 0 aliphatic heterocycles. The van der Waals surface area contributed by atoms with Gasteiger partial charge in [-0.3, -0.25) is 0 Å². The maximum absolute atomic E-state index is 12.8. The normalized spacial score (nSPS) is 12.0. The zero-order valence-electron chi connectivity index (χ0n) is 10.8. The predicted molar refractivity (Wildman–Crippen MR) is 75.3 cm³/mol. The molecule has 0 radical (unpaired) electrons. The fraction of sp³-hybridized carbons (Fsp3) is 0.231. The molecule has 4 nitrogen and oxygen atoms in total. The zero-order valence-corrected chi connectivity index (χ0v) is 12.4. The first-order valence-electron chi connectivity index (χ1n) is 5.82. The van der Waals surface area contributed by atoms with Gasteiger partial charge in [0.1, 0.15) is 5.82 Å². The van der Waals surface area contributed by atoms with Gasteiger partial charge in [0.25, 0.3) is 0 Å². The van der Waals surface area contributed by atoms with E-state index in [2.05, 4.69) is 0 Å². The average Bonchev–Trinajstić information content (AvgIpc) is 2.90. The number of halogens is 1. The Bertz CT molecular complexity index is 680. The Labute approximate surface area is 121 Å². The van der Waals surface area contributed by atoms with Gasteiger partial charge in [-0.15, -0.1) is 11.3 Å². The summed E-state index contributed by atoms with van der Waals surface area (Å²) in [5, 5.41) is 10.5. The molecule has 0 bridgehead atoms. The number of hydrogen-bond acceptors (Lipinski definition) is 4. The van der Waals surface area contributed by atoms with Gasteiger partial charge in [0.2, 0.25) is 10.0 Å². The number of aliphatic hydroxyl groups excluding tert-OH is 1. The molecule has 0 unspecified atom stereocenters. The Hall–Kier alpha value is -1.28. The second-order valence-electron chi connectivity index (χ2n) is 4.29. The van der Waals surface area contributed by atoms with Crippen molar-refractivity contribution in [1.82, 2.24) is 4.31 Å². The molecule has 2 rings (SSSR count). The smallest absolute Gasteiger partial charge is 0.243 e. The summed E-state index contributed by atoms with van der Waals surface area (Å²) in [4.78, 5) is 0.759. The third-order valence-electron chi connectivity index (χ3n) is 2.81. The minimum Gasteiger partial charge on any atom is -0.391 e. The molecule has 1 N–H and O–H groups in total. The highest BCUT2D eigenvalue weighted by atomic mass is 32.2. The molecule has 7 heteroatoms. The lowest BCUT2D eigenvalue weighted by Gasteiger charge is -2.16. The first-order valence-corrected chi connectivity index (χ1v) is 8.14. The first-order chi connectivity index (χ1) is 9.43. The van der Waals surface area contributed by atoms with E-state index in [0.29, 0.717) is 10.4 Å². The highest BCUT2D eigenvalue weighted by Gasteiger charge is 2.22. The third kappa shape index (κ3) is 3.24. The summed E-state index contributed by atoms with van der Waals surface area (Å²) in [5.74, 6) is -0.357. The van der Waals surface area contributed by atoms with Crippen LogP contribution in [-0.4, -0.2) is 24.9 Å². The van der Waals surface area contributed by atoms with Gasteiger partial charge in [-0.25, -0.2) is 12.8 Å². The highest BCUT2D eigenvalue weighted by molar-refractivity contribution is 7.89. The molecule has 0 fully saturated rings. The van der Waals surface area contributed by atoms with E-state index in [1.54, 1.807) is 12.1 Å². The van der Waals surface area contributed by atoms with Gasteiger partial charge in [0.05, 0.1) is 11.5 Å². The summed E-state index contributed by atoms with van der Waals surface area (Å²) >= 11 is 1.20. The quantitative estimate of drug-likeness (QED) is 0.920. The number of rotatable bonds is 5. The van der Waals surface area contributed by atoms with Crippen LogP contribution in [0.3, 0.4) is 0 Å². The second kappa shape index (κ2) is 6.01. The van der Waals surface area contributed by atoms with Crippen LogP contribution in [0.4, 0.5) is 4.39 Å². The molecular formula is C13H14FNO3S2. The maximum Gasteiger partial charge on any atom is 0.243 e. The van der Waals surface area contributed by atoms with E-state index >= 15 is 0 Å². The molecule has 1 aromatic carbocycles. The van der Waals surface area contributed by atoms with Gasteiger partial charge in [-0.05, 0) is 23.8 Å². The molecule has 0 saturated carbocycles. The van der Waals surface area contributed by atoms with Crippen LogP contribution < -0.4 is 0 Å². The van der Waals surface area contributed by atoms with E-state index in [4.69, 9.17) is 5.11 Å². The molecule has 0 spiro atoms. The van der Waals surface area contributed by atoms with Crippen LogP contribution in [0.1, 0.15) is 10.4 Å². The zero-order chi connectivity index (χ0) is 14.8. The lowest BCUT2D eigenvalue weighted by Crippen LogP contribution is -2.26. The number of hydrogen-bond donors (Lipinski definition) is 1. The minimum atomic E-state index is -3.60. The summed E-state index contributed by atoms with van der Waals surface area (Å²) in [6.07, 6.45) is 0. The topological polar surface area (TPSA) is 57.6 Å². The van der Waals surface area contributed by atoms with Crippen LogP contribution in [0, 0.1) is 5.82 Å². The number of nitrogens with zero attached hydrogens (tertiary/aromatic N) is 1. The van der Waals surface area contributed by atoms with E-state index in [0.717, 1.165) is 0 Å². The van der Waals surface area contributed by atoms with Crippen molar-refractivity contribution >= 4 is 21.4 Å². The van der Waals surface area contributed by atoms with Crippen LogP contribution in [-0.2, 0) is 23.2 Å². The van der Waals surface area contributed by atoms with E-state index in [-0.39, 0.29) is 23.9 Å². The van der Waals surface area contributed by atoms with Crippen molar-refractivity contribution in [3.63, 3.8) is 0 Å². The van der Waals surface area contributed by atoms with Crippen molar-refractivity contribution in [2.24, 2.45) is 0 Å². The van der Waals surface area contributed by atoms with Crippen molar-refractivity contribution in [2.75, 3.05) is 7.05 Å². The van der Waals surface area contributed by atoms with Gasteiger partial charge in [0, 0.05) is 23.8 Å². The summed E-state index contributed by atoms with van der Waals surface area (Å²) in [7, 11) is -2.13. The van der Waals surface area contributed by atoms with Crippen LogP contribution in [0.5, 0.6) is 0 Å². The fourth-order valence-corrected chi connectivity index (χ4v) is 3.97. The van der Waals surface area contributed by atoms with Crippen LogP contribution >= 0.6 is 11.3 Å². The van der Waals surface area contributed by atoms with Gasteiger partial charge >= 0.3 is 0 Å². The molecule has 20 heavy (non-hydrogen) atoms. The SMILES string of the molecule is CN(Cc1ccc(F)cc1)S(=O)(=O)c1csc(CO)c1. The predicted octanol–water partition coefficient (Wildman–Crippen LogP) is 2.20. The Morgan fingerprint density at radius 1 is 1.30 bits per heavy atom. The Kier molecular flexibility index (Phi) is 4.54. The van der Waals surface area contributed by atoms with E-state index in [9.17, 15) is 12.8 Å². The van der Waals surface area contributed by atoms with Crippen molar-refractivity contribution in [3.05, 3.63) is 52.0 Å². The van der Waals surface area contributed by atoms with Gasteiger partial charge < -0.3 is 5.11 Å². The third-order valence-corrected chi connectivity index (χ3v) is 5.66. The number of benzene rings is 1. The molecular weight excluding hydrogens is 301 g/mol. The van der Waals surface area contributed by atoms with Crippen molar-refractivity contribution in [3.8, 4) is 0 Å². The number of aliphatic hydroxyl groups is 1. The largest absolute Gasteiger partial charge is 0.391 e. The van der Waals surface area contributed by atoms with E-state index < -0.39 is 10.0 Å². The van der Waals surface area contributed by atoms with Gasteiger partial charge in [-0.2, -0.15) is 4.31 Å². The van der Waals surface area contributed by atoms with Crippen LogP contribution in [0.15, 0.2) is 40.6 Å². The minimum absolute atomic E-state index is 0.160. The van der Waals surface area contributed by atoms with Crippen molar-refractivity contribution in [2.45, 2.75) is 18.0 Å². The summed E-state index contributed by atoms with van der Waals surface area (Å²) in [5.41, 5.74) is 0.704. The van der Waals surface area contributed by atoms with E-state index in [1.165, 1.54) is 46.3 Å². The van der Waals surface area contributed by atoms with Gasteiger partial charge in [0.15, 0.2) is 0 Å². The Morgan fingerprint density at radius 3 is 2.50 bits per heavy atom. The molecule has 0 aliphatic rings. The van der Waals surface area contributed by atoms with E-state index in [1.807, 2.05) is 0 Å². The second-order valence-corrected chi connectivity index (χ2v) is 7.34. The Balaban J connectivity index is 2.18. The van der Waals surface area contributed by atoms with Crippen LogP contribution in [0.25, 0.3) is 0 Å². The molecule has 1 aromatic heterocycles. The average molecular weight is 315 g/mol. The molecule has 0 saturated heterocycles. The standard InChI is InChI=1S/C13H14FNO3S2/c1-15(7-10-2-4-11(14)5-3-10)20(17,18)13-6-12(8-16)19-9-13/h2-6,9,16H,7-8H2,1H3. The molecule has 108 valence electrons. The summed E-state index contributed by atoms with van der Waals surface area (Å²) < 4.78 is 38.6. The highest BCUT2D eigenvalue weighted by Crippen LogP contribution is 2.23. The number of thiophene rings is 1. The Morgan fingerprint density at radius 2 is 1.95 bits per heavy atom. The lowest BCUT2D eigenvalue weighted by atomic mass is 10.2. The maximum atomic E-state index is 12.8. The van der Waals surface area contributed by atoms with Crippen molar-refractivity contribution in [1.29, 1.82) is 0 Å². The summed E-state index contributed by atoms with van der Waals surface area (Å²) in [6.45, 7) is -0.0191. The molecule has 0 atom stereocenters. The van der Waals surface area contributed by atoms with Gasteiger partial charge in [-0.1, -0.05) is 12.1 Å². The monoisotopic (exact) mass is 315 g/mol. The molecule has 1 heterocycles. The molecule has 2 aromatic rings. The van der Waals surface area contributed by atoms with Crippen molar-refractivity contribution < 1.29 is 17.9 Å².